The zero-order valence-electron chi connectivity index (χ0n) is 17.8. The summed E-state index contributed by atoms with van der Waals surface area (Å²) in [5.74, 6) is 0.115. The highest BCUT2D eigenvalue weighted by atomic mass is 32.1. The van der Waals surface area contributed by atoms with Gasteiger partial charge >= 0.3 is 5.97 Å². The number of ether oxygens (including phenoxy) is 3. The monoisotopic (exact) mass is 466 g/mol. The second-order valence-corrected chi connectivity index (χ2v) is 7.26. The lowest BCUT2D eigenvalue weighted by molar-refractivity contribution is -0.384. The molecule has 0 fully saturated rings. The number of allylic oxidation sites excluding steroid dienone is 1. The number of hydrogen-bond donors (Lipinski definition) is 1. The number of nitro groups is 1. The molecule has 0 saturated carbocycles. The van der Waals surface area contributed by atoms with Gasteiger partial charge in [0.05, 0.1) is 43.2 Å². The third kappa shape index (κ3) is 5.08. The summed E-state index contributed by atoms with van der Waals surface area (Å²) in [5.41, 5.74) is 1.72. The molecule has 0 aliphatic carbocycles. The van der Waals surface area contributed by atoms with E-state index in [1.54, 1.807) is 23.6 Å². The highest BCUT2D eigenvalue weighted by Gasteiger charge is 2.18. The first-order chi connectivity index (χ1) is 15.9. The predicted octanol–water partition coefficient (Wildman–Crippen LogP) is 4.50. The van der Waals surface area contributed by atoms with Crippen LogP contribution in [0.5, 0.6) is 11.5 Å². The maximum absolute atomic E-state index is 12.2. The fourth-order valence-electron chi connectivity index (χ4n) is 2.88. The van der Waals surface area contributed by atoms with Crippen LogP contribution >= 0.6 is 11.3 Å². The number of esters is 1. The third-order valence-corrected chi connectivity index (χ3v) is 5.38. The summed E-state index contributed by atoms with van der Waals surface area (Å²) in [7, 11) is 4.16. The van der Waals surface area contributed by atoms with Gasteiger partial charge in [-0.2, -0.15) is 5.26 Å². The van der Waals surface area contributed by atoms with Gasteiger partial charge in [-0.1, -0.05) is 12.1 Å². The topological polar surface area (TPSA) is 137 Å². The van der Waals surface area contributed by atoms with Crippen molar-refractivity contribution in [2.45, 2.75) is 0 Å². The van der Waals surface area contributed by atoms with Gasteiger partial charge in [0, 0.05) is 41.4 Å². The average Bonchev–Trinajstić information content (AvgIpc) is 3.33. The Bertz CT molecular complexity index is 1280. The fraction of sp³-hybridized carbons (Fsp3) is 0.136. The predicted molar refractivity (Wildman–Crippen MR) is 122 cm³/mol. The Labute approximate surface area is 192 Å². The van der Waals surface area contributed by atoms with Crippen LogP contribution in [0.15, 0.2) is 48.0 Å². The van der Waals surface area contributed by atoms with Crippen LogP contribution in [0.1, 0.15) is 15.4 Å². The number of nitro benzene ring substituents is 1. The van der Waals surface area contributed by atoms with Crippen molar-refractivity contribution < 1.29 is 23.9 Å². The normalized spacial score (nSPS) is 10.8. The number of non-ortho nitro benzene ring substituents is 1. The molecule has 3 rings (SSSR count). The summed E-state index contributed by atoms with van der Waals surface area (Å²) in [4.78, 5) is 27.2. The third-order valence-electron chi connectivity index (χ3n) is 4.51. The molecule has 0 unspecified atom stereocenters. The molecule has 3 aromatic rings. The van der Waals surface area contributed by atoms with Crippen molar-refractivity contribution in [3.8, 4) is 28.8 Å². The van der Waals surface area contributed by atoms with E-state index in [1.807, 2.05) is 0 Å². The molecule has 168 valence electrons. The molecule has 0 aliphatic heterocycles. The van der Waals surface area contributed by atoms with Gasteiger partial charge in [-0.3, -0.25) is 10.1 Å². The summed E-state index contributed by atoms with van der Waals surface area (Å²) in [6, 6.07) is 11.2. The van der Waals surface area contributed by atoms with Gasteiger partial charge in [-0.05, 0) is 0 Å². The molecule has 0 amide bonds. The molecule has 11 heteroatoms. The van der Waals surface area contributed by atoms with Gasteiger partial charge in [0.15, 0.2) is 11.5 Å². The lowest BCUT2D eigenvalue weighted by atomic mass is 10.1. The van der Waals surface area contributed by atoms with E-state index < -0.39 is 10.9 Å². The van der Waals surface area contributed by atoms with Crippen molar-refractivity contribution in [3.05, 3.63) is 68.7 Å². The number of aromatic nitrogens is 1. The molecular weight excluding hydrogens is 448 g/mol. The highest BCUT2D eigenvalue weighted by molar-refractivity contribution is 7.11. The molecule has 10 nitrogen and oxygen atoms in total. The van der Waals surface area contributed by atoms with Crippen LogP contribution < -0.4 is 14.8 Å². The minimum Gasteiger partial charge on any atom is -0.493 e. The molecule has 1 heterocycles. The van der Waals surface area contributed by atoms with Crippen molar-refractivity contribution in [2.24, 2.45) is 0 Å². The van der Waals surface area contributed by atoms with E-state index in [9.17, 15) is 20.2 Å². The summed E-state index contributed by atoms with van der Waals surface area (Å²) in [6.45, 7) is 0. The first kappa shape index (κ1) is 23.2. The minimum absolute atomic E-state index is 0.0523. The number of benzene rings is 2. The number of anilines is 1. The standard InChI is InChI=1S/C22H18N4O6S/c1-30-19-8-16(22(27)32-3)17(9-20(19)31-2)24-11-14(10-23)21-25-18(12-33-21)13-5-4-6-15(7-13)26(28)29/h4-9,11-12,24H,1-3H3/b14-11+. The first-order valence-electron chi connectivity index (χ1n) is 9.33. The lowest BCUT2D eigenvalue weighted by Gasteiger charge is -2.13. The van der Waals surface area contributed by atoms with Crippen molar-refractivity contribution in [2.75, 3.05) is 26.6 Å². The first-order valence-corrected chi connectivity index (χ1v) is 10.2. The van der Waals surface area contributed by atoms with Crippen molar-refractivity contribution in [1.29, 1.82) is 5.26 Å². The zero-order valence-corrected chi connectivity index (χ0v) is 18.6. The van der Waals surface area contributed by atoms with Crippen LogP contribution in [0.2, 0.25) is 0 Å². The number of methoxy groups -OCH3 is 3. The number of rotatable bonds is 8. The molecule has 33 heavy (non-hydrogen) atoms. The summed E-state index contributed by atoms with van der Waals surface area (Å²) in [6.07, 6.45) is 1.41. The number of carbonyl (C=O) groups is 1. The number of nitriles is 1. The lowest BCUT2D eigenvalue weighted by Crippen LogP contribution is -2.07. The molecule has 2 aromatic carbocycles. The van der Waals surface area contributed by atoms with Crippen LogP contribution in [0.25, 0.3) is 16.8 Å². The van der Waals surface area contributed by atoms with Gasteiger partial charge in [0.2, 0.25) is 0 Å². The Morgan fingerprint density at radius 3 is 2.58 bits per heavy atom. The Morgan fingerprint density at radius 1 is 1.21 bits per heavy atom. The molecular formula is C22H18N4O6S. The van der Waals surface area contributed by atoms with Gasteiger partial charge in [-0.25, -0.2) is 9.78 Å². The largest absolute Gasteiger partial charge is 0.493 e. The van der Waals surface area contributed by atoms with E-state index in [1.165, 1.54) is 57.1 Å². The van der Waals surface area contributed by atoms with E-state index >= 15 is 0 Å². The Hall–Kier alpha value is -4.43. The molecule has 0 atom stereocenters. The van der Waals surface area contributed by atoms with Crippen LogP contribution in [0.3, 0.4) is 0 Å². The van der Waals surface area contributed by atoms with E-state index in [2.05, 4.69) is 16.4 Å². The Balaban J connectivity index is 1.94. The fourth-order valence-corrected chi connectivity index (χ4v) is 3.67. The smallest absolute Gasteiger partial charge is 0.340 e. The molecule has 0 bridgehead atoms. The van der Waals surface area contributed by atoms with Crippen LogP contribution in [0.4, 0.5) is 11.4 Å². The molecule has 0 radical (unpaired) electrons. The van der Waals surface area contributed by atoms with E-state index in [4.69, 9.17) is 14.2 Å². The van der Waals surface area contributed by atoms with E-state index in [0.29, 0.717) is 33.5 Å². The average molecular weight is 466 g/mol. The zero-order chi connectivity index (χ0) is 24.0. The molecule has 0 saturated heterocycles. The summed E-state index contributed by atoms with van der Waals surface area (Å²) in [5, 5.41) is 25.7. The van der Waals surface area contributed by atoms with Gasteiger partial charge < -0.3 is 19.5 Å². The van der Waals surface area contributed by atoms with Crippen molar-refractivity contribution in [3.63, 3.8) is 0 Å². The second kappa shape index (κ2) is 10.3. The SMILES string of the molecule is COC(=O)c1cc(OC)c(OC)cc1N/C=C(\C#N)c1nc(-c2cccc([N+](=O)[O-])c2)cs1. The maximum Gasteiger partial charge on any atom is 0.340 e. The highest BCUT2D eigenvalue weighted by Crippen LogP contribution is 2.34. The van der Waals surface area contributed by atoms with Crippen molar-refractivity contribution >= 4 is 34.3 Å². The van der Waals surface area contributed by atoms with E-state index in [-0.39, 0.29) is 16.8 Å². The quantitative estimate of drug-likeness (QED) is 0.220. The Kier molecular flexibility index (Phi) is 7.22. The van der Waals surface area contributed by atoms with Gasteiger partial charge in [-0.15, -0.1) is 11.3 Å². The number of carbonyl (C=O) groups excluding carboxylic acids is 1. The summed E-state index contributed by atoms with van der Waals surface area (Å²) < 4.78 is 15.3. The molecule has 0 aliphatic rings. The van der Waals surface area contributed by atoms with Gasteiger partial charge in [0.1, 0.15) is 16.6 Å². The number of nitrogens with one attached hydrogen (secondary N) is 1. The number of thiazole rings is 1. The van der Waals surface area contributed by atoms with Crippen molar-refractivity contribution in [1.82, 2.24) is 4.98 Å². The minimum atomic E-state index is -0.604. The van der Waals surface area contributed by atoms with Crippen LogP contribution in [-0.4, -0.2) is 37.2 Å². The summed E-state index contributed by atoms with van der Waals surface area (Å²) >= 11 is 1.21. The van der Waals surface area contributed by atoms with Gasteiger partial charge in [0.25, 0.3) is 5.69 Å². The number of hydrogen-bond acceptors (Lipinski definition) is 10. The van der Waals surface area contributed by atoms with Crippen LogP contribution in [0, 0.1) is 21.4 Å². The van der Waals surface area contributed by atoms with Crippen LogP contribution in [-0.2, 0) is 4.74 Å². The molecule has 1 N–H and O–H groups in total. The van der Waals surface area contributed by atoms with E-state index in [0.717, 1.165) is 0 Å². The number of nitrogens with zero attached hydrogens (tertiary/aromatic N) is 3. The maximum atomic E-state index is 12.2. The molecule has 0 spiro atoms. The second-order valence-electron chi connectivity index (χ2n) is 6.40. The molecule has 1 aromatic heterocycles. The Morgan fingerprint density at radius 2 is 1.94 bits per heavy atom.